The maximum absolute atomic E-state index is 13.1. The molecule has 2 rings (SSSR count). The fourth-order valence-corrected chi connectivity index (χ4v) is 1.57. The largest absolute Gasteiger partial charge is 0.475 e. The van der Waals surface area contributed by atoms with Crippen LogP contribution in [0.3, 0.4) is 0 Å². The third kappa shape index (κ3) is 2.55. The maximum Gasteiger partial charge on any atom is 0.255 e. The number of halogens is 1. The molecule has 0 unspecified atom stereocenters. The van der Waals surface area contributed by atoms with Gasteiger partial charge in [0.15, 0.2) is 0 Å². The first-order chi connectivity index (χ1) is 7.25. The van der Waals surface area contributed by atoms with Gasteiger partial charge in [0.25, 0.3) is 5.88 Å². The SMILES string of the molecule is Nc1ncc(F)c(OCCC2CCC2)n1. The Bertz CT molecular complexity index is 341. The number of hydrogen-bond acceptors (Lipinski definition) is 4. The number of nitrogens with zero attached hydrogens (tertiary/aromatic N) is 2. The van der Waals surface area contributed by atoms with Crippen LogP contribution in [0.15, 0.2) is 6.20 Å². The van der Waals surface area contributed by atoms with E-state index in [2.05, 4.69) is 9.97 Å². The molecule has 0 bridgehead atoms. The van der Waals surface area contributed by atoms with Crippen molar-refractivity contribution in [2.75, 3.05) is 12.3 Å². The molecule has 0 saturated heterocycles. The van der Waals surface area contributed by atoms with Gasteiger partial charge < -0.3 is 10.5 Å². The molecule has 1 heterocycles. The van der Waals surface area contributed by atoms with E-state index in [0.717, 1.165) is 18.5 Å². The smallest absolute Gasteiger partial charge is 0.255 e. The molecule has 0 atom stereocenters. The van der Waals surface area contributed by atoms with Crippen molar-refractivity contribution in [2.24, 2.45) is 5.92 Å². The molecule has 1 aliphatic rings. The van der Waals surface area contributed by atoms with Crippen LogP contribution in [-0.2, 0) is 0 Å². The number of anilines is 1. The van der Waals surface area contributed by atoms with Crippen LogP contribution in [0, 0.1) is 11.7 Å². The van der Waals surface area contributed by atoms with Crippen LogP contribution in [-0.4, -0.2) is 16.6 Å². The zero-order valence-electron chi connectivity index (χ0n) is 8.45. The first-order valence-corrected chi connectivity index (χ1v) is 5.16. The Kier molecular flexibility index (Phi) is 2.99. The van der Waals surface area contributed by atoms with E-state index in [1.54, 1.807) is 0 Å². The number of hydrogen-bond donors (Lipinski definition) is 1. The van der Waals surface area contributed by atoms with Crippen LogP contribution in [0.5, 0.6) is 5.88 Å². The molecule has 1 aliphatic carbocycles. The predicted octanol–water partition coefficient (Wildman–Crippen LogP) is 1.77. The monoisotopic (exact) mass is 211 g/mol. The van der Waals surface area contributed by atoms with E-state index in [4.69, 9.17) is 10.5 Å². The molecule has 0 aromatic carbocycles. The second kappa shape index (κ2) is 4.42. The molecule has 15 heavy (non-hydrogen) atoms. The average Bonchev–Trinajstić information content (AvgIpc) is 2.15. The Morgan fingerprint density at radius 1 is 1.53 bits per heavy atom. The highest BCUT2D eigenvalue weighted by Gasteiger charge is 2.17. The summed E-state index contributed by atoms with van der Waals surface area (Å²) in [5, 5.41) is 0. The highest BCUT2D eigenvalue weighted by atomic mass is 19.1. The molecule has 1 fully saturated rings. The minimum Gasteiger partial charge on any atom is -0.475 e. The van der Waals surface area contributed by atoms with Crippen LogP contribution in [0.25, 0.3) is 0 Å². The van der Waals surface area contributed by atoms with Gasteiger partial charge in [0.1, 0.15) is 0 Å². The maximum atomic E-state index is 13.1. The van der Waals surface area contributed by atoms with Crippen molar-refractivity contribution in [1.82, 2.24) is 9.97 Å². The summed E-state index contributed by atoms with van der Waals surface area (Å²) in [6.45, 7) is 0.498. The second-order valence-corrected chi connectivity index (χ2v) is 3.82. The van der Waals surface area contributed by atoms with E-state index in [0.29, 0.717) is 6.61 Å². The molecule has 0 radical (unpaired) electrons. The minimum absolute atomic E-state index is 0.0371. The zero-order chi connectivity index (χ0) is 10.7. The van der Waals surface area contributed by atoms with Crippen LogP contribution in [0.2, 0.25) is 0 Å². The summed E-state index contributed by atoms with van der Waals surface area (Å²) >= 11 is 0. The summed E-state index contributed by atoms with van der Waals surface area (Å²) in [6, 6.07) is 0. The lowest BCUT2D eigenvalue weighted by atomic mass is 9.83. The Morgan fingerprint density at radius 3 is 3.00 bits per heavy atom. The van der Waals surface area contributed by atoms with Crippen molar-refractivity contribution < 1.29 is 9.13 Å². The molecule has 0 aliphatic heterocycles. The first-order valence-electron chi connectivity index (χ1n) is 5.16. The van der Waals surface area contributed by atoms with Crippen molar-refractivity contribution in [3.8, 4) is 5.88 Å². The Hall–Kier alpha value is -1.39. The molecule has 5 heteroatoms. The van der Waals surface area contributed by atoms with Crippen molar-refractivity contribution in [3.63, 3.8) is 0 Å². The second-order valence-electron chi connectivity index (χ2n) is 3.82. The number of nitrogen functional groups attached to an aromatic ring is 1. The number of nitrogens with two attached hydrogens (primary N) is 1. The summed E-state index contributed by atoms with van der Waals surface area (Å²) in [5.41, 5.74) is 5.33. The summed E-state index contributed by atoms with van der Waals surface area (Å²) in [4.78, 5) is 7.20. The van der Waals surface area contributed by atoms with Gasteiger partial charge in [-0.3, -0.25) is 0 Å². The first kappa shape index (κ1) is 10.1. The minimum atomic E-state index is -0.558. The molecule has 82 valence electrons. The van der Waals surface area contributed by atoms with Crippen molar-refractivity contribution >= 4 is 5.95 Å². The standard InChI is InChI=1S/C10H14FN3O/c11-8-6-13-10(12)14-9(8)15-5-4-7-2-1-3-7/h6-7H,1-5H2,(H2,12,13,14). The summed E-state index contributed by atoms with van der Waals surface area (Å²) < 4.78 is 18.3. The predicted molar refractivity (Wildman–Crippen MR) is 53.9 cm³/mol. The number of aromatic nitrogens is 2. The lowest BCUT2D eigenvalue weighted by Gasteiger charge is -2.24. The van der Waals surface area contributed by atoms with Gasteiger partial charge in [-0.1, -0.05) is 19.3 Å². The number of rotatable bonds is 4. The van der Waals surface area contributed by atoms with E-state index >= 15 is 0 Å². The van der Waals surface area contributed by atoms with E-state index < -0.39 is 5.82 Å². The molecule has 1 aromatic rings. The Morgan fingerprint density at radius 2 is 2.33 bits per heavy atom. The average molecular weight is 211 g/mol. The van der Waals surface area contributed by atoms with Gasteiger partial charge >= 0.3 is 0 Å². The van der Waals surface area contributed by atoms with Crippen LogP contribution in [0.4, 0.5) is 10.3 Å². The zero-order valence-corrected chi connectivity index (χ0v) is 8.45. The van der Waals surface area contributed by atoms with Gasteiger partial charge in [-0.15, -0.1) is 0 Å². The fourth-order valence-electron chi connectivity index (χ4n) is 1.57. The highest BCUT2D eigenvalue weighted by Crippen LogP contribution is 2.29. The lowest BCUT2D eigenvalue weighted by molar-refractivity contribution is 0.211. The van der Waals surface area contributed by atoms with Crippen molar-refractivity contribution in [3.05, 3.63) is 12.0 Å². The van der Waals surface area contributed by atoms with Gasteiger partial charge in [-0.2, -0.15) is 9.37 Å². The summed E-state index contributed by atoms with van der Waals surface area (Å²) in [7, 11) is 0. The van der Waals surface area contributed by atoms with Crippen molar-refractivity contribution in [2.45, 2.75) is 25.7 Å². The molecule has 0 amide bonds. The van der Waals surface area contributed by atoms with E-state index in [-0.39, 0.29) is 11.8 Å². The topological polar surface area (TPSA) is 61.0 Å². The Balaban J connectivity index is 1.83. The summed E-state index contributed by atoms with van der Waals surface area (Å²) in [5.74, 6) is 0.182. The number of ether oxygens (including phenoxy) is 1. The molecular weight excluding hydrogens is 197 g/mol. The lowest BCUT2D eigenvalue weighted by Crippen LogP contribution is -2.15. The van der Waals surface area contributed by atoms with E-state index in [1.807, 2.05) is 0 Å². The molecular formula is C10H14FN3O. The van der Waals surface area contributed by atoms with Crippen LogP contribution >= 0.6 is 0 Å². The van der Waals surface area contributed by atoms with Crippen LogP contribution < -0.4 is 10.5 Å². The van der Waals surface area contributed by atoms with E-state index in [9.17, 15) is 4.39 Å². The van der Waals surface area contributed by atoms with Gasteiger partial charge in [-0.25, -0.2) is 4.98 Å². The van der Waals surface area contributed by atoms with Gasteiger partial charge in [0, 0.05) is 0 Å². The van der Waals surface area contributed by atoms with E-state index in [1.165, 1.54) is 19.3 Å². The van der Waals surface area contributed by atoms with Gasteiger partial charge in [-0.05, 0) is 12.3 Å². The Labute approximate surface area is 87.7 Å². The third-order valence-electron chi connectivity index (χ3n) is 2.72. The molecule has 2 N–H and O–H groups in total. The summed E-state index contributed by atoms with van der Waals surface area (Å²) in [6.07, 6.45) is 5.82. The fraction of sp³-hybridized carbons (Fsp3) is 0.600. The third-order valence-corrected chi connectivity index (χ3v) is 2.72. The molecule has 1 aromatic heterocycles. The van der Waals surface area contributed by atoms with Crippen LogP contribution in [0.1, 0.15) is 25.7 Å². The molecule has 1 saturated carbocycles. The quantitative estimate of drug-likeness (QED) is 0.824. The van der Waals surface area contributed by atoms with Gasteiger partial charge in [0.05, 0.1) is 12.8 Å². The molecule has 4 nitrogen and oxygen atoms in total. The van der Waals surface area contributed by atoms with Crippen molar-refractivity contribution in [1.29, 1.82) is 0 Å². The molecule has 0 spiro atoms. The highest BCUT2D eigenvalue weighted by molar-refractivity contribution is 5.22. The van der Waals surface area contributed by atoms with Gasteiger partial charge in [0.2, 0.25) is 11.8 Å². The normalized spacial score (nSPS) is 16.1.